The lowest BCUT2D eigenvalue weighted by atomic mass is 9.90. The number of ketones is 1. The van der Waals surface area contributed by atoms with Gasteiger partial charge in [-0.15, -0.1) is 0 Å². The van der Waals surface area contributed by atoms with Crippen molar-refractivity contribution in [1.29, 1.82) is 0 Å². The van der Waals surface area contributed by atoms with Crippen LogP contribution in [0.5, 0.6) is 0 Å². The van der Waals surface area contributed by atoms with Crippen molar-refractivity contribution in [3.05, 3.63) is 36.5 Å². The first-order valence-electron chi connectivity index (χ1n) is 21.5. The molecule has 0 spiro atoms. The largest absolute Gasteiger partial charge is 0.463 e. The minimum atomic E-state index is -1.03. The van der Waals surface area contributed by atoms with Crippen LogP contribution in [0.3, 0.4) is 0 Å². The highest BCUT2D eigenvalue weighted by atomic mass is 16.6. The topological polar surface area (TPSA) is 110 Å². The Morgan fingerprint density at radius 2 is 1.19 bits per heavy atom. The third-order valence-corrected chi connectivity index (χ3v) is 10.1. The molecule has 0 bridgehead atoms. The van der Waals surface area contributed by atoms with Gasteiger partial charge in [0.25, 0.3) is 0 Å². The van der Waals surface area contributed by atoms with Crippen LogP contribution in [0.1, 0.15) is 188 Å². The Bertz CT molecular complexity index is 984. The van der Waals surface area contributed by atoms with Crippen molar-refractivity contribution >= 4 is 17.7 Å². The van der Waals surface area contributed by atoms with Gasteiger partial charge in [-0.25, -0.2) is 0 Å². The van der Waals surface area contributed by atoms with E-state index in [1.54, 1.807) is 12.2 Å². The molecule has 52 heavy (non-hydrogen) atoms. The number of hydrogen-bond acceptors (Lipinski definition) is 7. The summed E-state index contributed by atoms with van der Waals surface area (Å²) in [5.41, 5.74) is 0. The molecular formula is C45H78O7. The fraction of sp³-hybridized carbons (Fsp3) is 0.800. The first-order chi connectivity index (χ1) is 25.2. The van der Waals surface area contributed by atoms with Crippen LogP contribution in [0.25, 0.3) is 0 Å². The maximum absolute atomic E-state index is 12.3. The second-order valence-electron chi connectivity index (χ2n) is 15.6. The van der Waals surface area contributed by atoms with E-state index in [4.69, 9.17) is 9.47 Å². The molecule has 1 aliphatic carbocycles. The average Bonchev–Trinajstić information content (AvgIpc) is 3.47. The van der Waals surface area contributed by atoms with Crippen molar-refractivity contribution in [3.63, 3.8) is 0 Å². The number of aliphatic hydroxyl groups is 2. The Labute approximate surface area is 318 Å². The van der Waals surface area contributed by atoms with E-state index in [9.17, 15) is 24.6 Å². The lowest BCUT2D eigenvalue weighted by Gasteiger charge is -2.13. The molecule has 0 saturated heterocycles. The summed E-state index contributed by atoms with van der Waals surface area (Å²) in [5.74, 6) is 0.0656. The van der Waals surface area contributed by atoms with Gasteiger partial charge in [0.05, 0.1) is 6.10 Å². The summed E-state index contributed by atoms with van der Waals surface area (Å²) in [4.78, 5) is 36.4. The van der Waals surface area contributed by atoms with Crippen molar-refractivity contribution in [2.24, 2.45) is 17.8 Å². The number of aliphatic hydroxyl groups excluding tert-OH is 2. The molecule has 4 atom stereocenters. The summed E-state index contributed by atoms with van der Waals surface area (Å²) < 4.78 is 10.3. The minimum absolute atomic E-state index is 0.0747. The van der Waals surface area contributed by atoms with E-state index in [2.05, 4.69) is 20.8 Å². The minimum Gasteiger partial charge on any atom is -0.463 e. The normalized spacial score (nSPS) is 17.2. The third-order valence-electron chi connectivity index (χ3n) is 10.1. The van der Waals surface area contributed by atoms with Crippen LogP contribution in [0.2, 0.25) is 0 Å². The van der Waals surface area contributed by atoms with Crippen LogP contribution in [0.4, 0.5) is 0 Å². The fourth-order valence-electron chi connectivity index (χ4n) is 6.67. The van der Waals surface area contributed by atoms with Crippen LogP contribution in [-0.2, 0) is 23.9 Å². The Morgan fingerprint density at radius 3 is 1.73 bits per heavy atom. The number of esters is 2. The number of unbranched alkanes of at least 4 members (excludes halogenated alkanes) is 18. The molecule has 0 unspecified atom stereocenters. The summed E-state index contributed by atoms with van der Waals surface area (Å²) in [6.45, 7) is 6.40. The van der Waals surface area contributed by atoms with Crippen LogP contribution in [-0.4, -0.2) is 53.4 Å². The smallest absolute Gasteiger partial charge is 0.305 e. The molecule has 0 radical (unpaired) electrons. The quantitative estimate of drug-likeness (QED) is 0.0379. The second kappa shape index (κ2) is 33.3. The van der Waals surface area contributed by atoms with Crippen LogP contribution in [0, 0.1) is 17.8 Å². The molecule has 1 rings (SSSR count). The molecule has 0 aromatic rings. The monoisotopic (exact) mass is 731 g/mol. The molecule has 2 N–H and O–H groups in total. The highest BCUT2D eigenvalue weighted by Crippen LogP contribution is 2.27. The van der Waals surface area contributed by atoms with E-state index in [-0.39, 0.29) is 49.2 Å². The number of carbonyl (C=O) groups is 3. The van der Waals surface area contributed by atoms with Crippen molar-refractivity contribution in [2.75, 3.05) is 13.2 Å². The molecule has 1 aliphatic rings. The molecule has 0 saturated carbocycles. The van der Waals surface area contributed by atoms with Gasteiger partial charge < -0.3 is 19.7 Å². The van der Waals surface area contributed by atoms with Gasteiger partial charge in [0, 0.05) is 18.8 Å². The van der Waals surface area contributed by atoms with E-state index in [1.165, 1.54) is 89.9 Å². The van der Waals surface area contributed by atoms with Gasteiger partial charge in [0.2, 0.25) is 0 Å². The Hall–Kier alpha value is -2.25. The molecule has 0 aromatic carbocycles. The van der Waals surface area contributed by atoms with E-state index >= 15 is 0 Å². The average molecular weight is 731 g/mol. The zero-order chi connectivity index (χ0) is 38.1. The maximum atomic E-state index is 12.3. The predicted octanol–water partition coefficient (Wildman–Crippen LogP) is 11.1. The standard InChI is InChI=1S/C45H78O7/c1-4-5-22-29-40(46)33-34-42-39(32-35-43(42)48)28-24-20-21-26-31-45(50)52-37-41(47)36-51-44(49)30-25-19-17-15-13-11-9-7-6-8-10-12-14-16-18-23-27-38(2)3/h20,24,32-35,38-42,46-47H,4-19,21-23,25-31,36-37H2,1-3H3/b24-20-,34-33+/t39-,40-,41-,42+/m0/s1. The van der Waals surface area contributed by atoms with Crippen LogP contribution in [0.15, 0.2) is 36.5 Å². The molecule has 0 heterocycles. The predicted molar refractivity (Wildman–Crippen MR) is 214 cm³/mol. The highest BCUT2D eigenvalue weighted by Gasteiger charge is 2.27. The molecule has 0 fully saturated rings. The Morgan fingerprint density at radius 1 is 0.692 bits per heavy atom. The molecule has 300 valence electrons. The van der Waals surface area contributed by atoms with E-state index < -0.39 is 12.2 Å². The summed E-state index contributed by atoms with van der Waals surface area (Å²) in [5, 5.41) is 20.2. The van der Waals surface area contributed by atoms with Crippen molar-refractivity contribution in [2.45, 2.75) is 200 Å². The number of ether oxygens (including phenoxy) is 2. The van der Waals surface area contributed by atoms with Gasteiger partial charge in [-0.05, 0) is 50.0 Å². The van der Waals surface area contributed by atoms with Gasteiger partial charge in [-0.2, -0.15) is 0 Å². The first-order valence-corrected chi connectivity index (χ1v) is 21.5. The van der Waals surface area contributed by atoms with E-state index in [0.29, 0.717) is 19.3 Å². The van der Waals surface area contributed by atoms with Gasteiger partial charge in [0.15, 0.2) is 5.78 Å². The van der Waals surface area contributed by atoms with Gasteiger partial charge in [0.1, 0.15) is 19.3 Å². The molecular weight excluding hydrogens is 652 g/mol. The molecule has 0 aliphatic heterocycles. The number of hydrogen-bond donors (Lipinski definition) is 2. The fourth-order valence-corrected chi connectivity index (χ4v) is 6.67. The zero-order valence-corrected chi connectivity index (χ0v) is 33.6. The van der Waals surface area contributed by atoms with Crippen LogP contribution >= 0.6 is 0 Å². The maximum Gasteiger partial charge on any atom is 0.305 e. The zero-order valence-electron chi connectivity index (χ0n) is 33.6. The lowest BCUT2D eigenvalue weighted by Crippen LogP contribution is -2.25. The Balaban J connectivity index is 1.95. The van der Waals surface area contributed by atoms with Gasteiger partial charge in [-0.1, -0.05) is 173 Å². The van der Waals surface area contributed by atoms with Crippen LogP contribution < -0.4 is 0 Å². The summed E-state index contributed by atoms with van der Waals surface area (Å²) >= 11 is 0. The molecule has 7 heteroatoms. The first kappa shape index (κ1) is 47.8. The Kier molecular flexibility index (Phi) is 30.6. The van der Waals surface area contributed by atoms with Crippen molar-refractivity contribution in [1.82, 2.24) is 0 Å². The third kappa shape index (κ3) is 28.3. The second-order valence-corrected chi connectivity index (χ2v) is 15.6. The molecule has 7 nitrogen and oxygen atoms in total. The van der Waals surface area contributed by atoms with E-state index in [1.807, 2.05) is 24.3 Å². The van der Waals surface area contributed by atoms with Crippen molar-refractivity contribution < 1.29 is 34.1 Å². The molecule has 0 amide bonds. The summed E-state index contributed by atoms with van der Waals surface area (Å²) in [6, 6.07) is 0. The number of rotatable bonds is 35. The number of carbonyl (C=O) groups excluding carboxylic acids is 3. The lowest BCUT2D eigenvalue weighted by molar-refractivity contribution is -0.152. The SMILES string of the molecule is CCCCC[C@H](O)/C=C/[C@H]1C(=O)C=C[C@@H]1C/C=C\CCCC(=O)OC[C@@H](O)COC(=O)CCCCCCCCCCCCCCCCCCC(C)C. The van der Waals surface area contributed by atoms with Gasteiger partial charge >= 0.3 is 11.9 Å². The van der Waals surface area contributed by atoms with E-state index in [0.717, 1.165) is 57.3 Å². The summed E-state index contributed by atoms with van der Waals surface area (Å²) in [6.07, 6.45) is 38.3. The van der Waals surface area contributed by atoms with Gasteiger partial charge in [-0.3, -0.25) is 14.4 Å². The van der Waals surface area contributed by atoms with Crippen molar-refractivity contribution in [3.8, 4) is 0 Å². The molecule has 0 aromatic heterocycles. The summed E-state index contributed by atoms with van der Waals surface area (Å²) in [7, 11) is 0. The number of allylic oxidation sites excluding steroid dienone is 5. The highest BCUT2D eigenvalue weighted by molar-refractivity contribution is 5.95.